The van der Waals surface area contributed by atoms with Crippen LogP contribution >= 0.6 is 11.6 Å². The van der Waals surface area contributed by atoms with Gasteiger partial charge in [0, 0.05) is 22.6 Å². The Morgan fingerprint density at radius 1 is 1.25 bits per heavy atom. The quantitative estimate of drug-likeness (QED) is 0.664. The summed E-state index contributed by atoms with van der Waals surface area (Å²) in [5.41, 5.74) is 3.95. The molecule has 3 aromatic rings. The third-order valence-electron chi connectivity index (χ3n) is 5.36. The zero-order chi connectivity index (χ0) is 19.7. The highest BCUT2D eigenvalue weighted by atomic mass is 35.5. The van der Waals surface area contributed by atoms with E-state index in [-0.39, 0.29) is 18.1 Å². The van der Waals surface area contributed by atoms with Gasteiger partial charge < -0.3 is 10.1 Å². The van der Waals surface area contributed by atoms with Gasteiger partial charge in [-0.15, -0.1) is 0 Å². The van der Waals surface area contributed by atoms with E-state index in [1.165, 1.54) is 0 Å². The number of ether oxygens (including phenoxy) is 1. The van der Waals surface area contributed by atoms with E-state index in [2.05, 4.69) is 5.32 Å². The SMILES string of the molecule is Cc1c(Cl)ccc2c(C(=O)N[C@@H](C)[C@H]3CCCO3)cc(-c3ccccc3)nc12. The smallest absolute Gasteiger partial charge is 0.252 e. The standard InChI is InChI=1S/C23H23ClN2O2/c1-14-19(24)11-10-17-18(23(27)25-15(2)21-9-6-12-28-21)13-20(26-22(14)17)16-7-4-3-5-8-16/h3-5,7-8,10-11,13,15,21H,6,9,12H2,1-2H3,(H,25,27)/t15-,21+/m0/s1. The molecule has 1 N–H and O–H groups in total. The molecule has 1 amide bonds. The van der Waals surface area contributed by atoms with Crippen molar-refractivity contribution in [3.05, 3.63) is 64.7 Å². The first-order chi connectivity index (χ1) is 13.5. The van der Waals surface area contributed by atoms with Gasteiger partial charge in [0.1, 0.15) is 0 Å². The molecule has 2 aromatic carbocycles. The molecule has 0 unspecified atom stereocenters. The van der Waals surface area contributed by atoms with Gasteiger partial charge in [-0.2, -0.15) is 0 Å². The van der Waals surface area contributed by atoms with E-state index in [0.29, 0.717) is 10.6 Å². The maximum absolute atomic E-state index is 13.2. The summed E-state index contributed by atoms with van der Waals surface area (Å²) < 4.78 is 5.72. The highest BCUT2D eigenvalue weighted by Gasteiger charge is 2.25. The summed E-state index contributed by atoms with van der Waals surface area (Å²) in [5.74, 6) is -0.116. The van der Waals surface area contributed by atoms with Crippen LogP contribution in [0.3, 0.4) is 0 Å². The van der Waals surface area contributed by atoms with Gasteiger partial charge in [0.05, 0.1) is 28.9 Å². The van der Waals surface area contributed by atoms with Crippen molar-refractivity contribution in [2.24, 2.45) is 0 Å². The number of aromatic nitrogens is 1. The molecular formula is C23H23ClN2O2. The number of hydrogen-bond donors (Lipinski definition) is 1. The average Bonchev–Trinajstić information content (AvgIpc) is 3.26. The van der Waals surface area contributed by atoms with Gasteiger partial charge in [-0.3, -0.25) is 4.79 Å². The molecule has 0 spiro atoms. The van der Waals surface area contributed by atoms with Gasteiger partial charge in [-0.25, -0.2) is 4.98 Å². The van der Waals surface area contributed by atoms with Crippen molar-refractivity contribution in [2.75, 3.05) is 6.61 Å². The first-order valence-corrected chi connectivity index (χ1v) is 10.00. The van der Waals surface area contributed by atoms with Crippen molar-refractivity contribution in [3.63, 3.8) is 0 Å². The van der Waals surface area contributed by atoms with E-state index >= 15 is 0 Å². The molecule has 0 bridgehead atoms. The molecule has 4 rings (SSSR count). The highest BCUT2D eigenvalue weighted by molar-refractivity contribution is 6.32. The normalized spacial score (nSPS) is 17.6. The fourth-order valence-corrected chi connectivity index (χ4v) is 3.88. The fraction of sp³-hybridized carbons (Fsp3) is 0.304. The Morgan fingerprint density at radius 3 is 2.75 bits per heavy atom. The van der Waals surface area contributed by atoms with Crippen molar-refractivity contribution in [3.8, 4) is 11.3 Å². The molecular weight excluding hydrogens is 372 g/mol. The second kappa shape index (κ2) is 7.90. The zero-order valence-electron chi connectivity index (χ0n) is 16.0. The largest absolute Gasteiger partial charge is 0.376 e. The lowest BCUT2D eigenvalue weighted by Gasteiger charge is -2.21. The first kappa shape index (κ1) is 18.9. The molecule has 1 saturated heterocycles. The summed E-state index contributed by atoms with van der Waals surface area (Å²) in [6.07, 6.45) is 2.09. The maximum Gasteiger partial charge on any atom is 0.252 e. The Kier molecular flexibility index (Phi) is 5.33. The molecule has 2 atom stereocenters. The minimum absolute atomic E-state index is 0.0493. The van der Waals surface area contributed by atoms with Crippen molar-refractivity contribution in [1.82, 2.24) is 10.3 Å². The number of fused-ring (bicyclic) bond motifs is 1. The summed E-state index contributed by atoms with van der Waals surface area (Å²) in [5, 5.41) is 4.57. The number of hydrogen-bond acceptors (Lipinski definition) is 3. The Bertz CT molecular complexity index is 1010. The minimum Gasteiger partial charge on any atom is -0.376 e. The van der Waals surface area contributed by atoms with Gasteiger partial charge in [-0.05, 0) is 44.4 Å². The van der Waals surface area contributed by atoms with Crippen LogP contribution in [0.1, 0.15) is 35.7 Å². The van der Waals surface area contributed by atoms with Gasteiger partial charge in [0.2, 0.25) is 0 Å². The van der Waals surface area contributed by atoms with Gasteiger partial charge >= 0.3 is 0 Å². The van der Waals surface area contributed by atoms with Crippen LogP contribution in [-0.2, 0) is 4.74 Å². The Hall–Kier alpha value is -2.43. The Balaban J connectivity index is 1.79. The van der Waals surface area contributed by atoms with E-state index in [4.69, 9.17) is 21.3 Å². The molecule has 2 heterocycles. The number of aryl methyl sites for hydroxylation is 1. The summed E-state index contributed by atoms with van der Waals surface area (Å²) in [6.45, 7) is 4.69. The summed E-state index contributed by atoms with van der Waals surface area (Å²) in [4.78, 5) is 18.0. The number of nitrogens with one attached hydrogen (secondary N) is 1. The third kappa shape index (κ3) is 3.62. The molecule has 0 saturated carbocycles. The molecule has 5 heteroatoms. The molecule has 28 heavy (non-hydrogen) atoms. The average molecular weight is 395 g/mol. The van der Waals surface area contributed by atoms with Gasteiger partial charge in [-0.1, -0.05) is 48.0 Å². The number of rotatable bonds is 4. The molecule has 1 aromatic heterocycles. The van der Waals surface area contributed by atoms with E-state index in [1.54, 1.807) is 0 Å². The monoisotopic (exact) mass is 394 g/mol. The highest BCUT2D eigenvalue weighted by Crippen LogP contribution is 2.30. The van der Waals surface area contributed by atoms with Crippen molar-refractivity contribution in [2.45, 2.75) is 38.8 Å². The van der Waals surface area contributed by atoms with E-state index in [9.17, 15) is 4.79 Å². The predicted octanol–water partition coefficient (Wildman–Crippen LogP) is 5.16. The van der Waals surface area contributed by atoms with Crippen LogP contribution in [-0.4, -0.2) is 29.6 Å². The summed E-state index contributed by atoms with van der Waals surface area (Å²) in [7, 11) is 0. The summed E-state index contributed by atoms with van der Waals surface area (Å²) in [6, 6.07) is 15.4. The van der Waals surface area contributed by atoms with Gasteiger partial charge in [0.25, 0.3) is 5.91 Å². The van der Waals surface area contributed by atoms with Crippen molar-refractivity contribution >= 4 is 28.4 Å². The van der Waals surface area contributed by atoms with Crippen LogP contribution in [0.4, 0.5) is 0 Å². The second-order valence-corrected chi connectivity index (χ2v) is 7.71. The lowest BCUT2D eigenvalue weighted by Crippen LogP contribution is -2.40. The van der Waals surface area contributed by atoms with Crippen molar-refractivity contribution in [1.29, 1.82) is 0 Å². The number of halogens is 1. The number of carbonyl (C=O) groups excluding carboxylic acids is 1. The molecule has 1 aliphatic heterocycles. The number of benzene rings is 2. The number of pyridine rings is 1. The van der Waals surface area contributed by atoms with Crippen molar-refractivity contribution < 1.29 is 9.53 Å². The molecule has 0 radical (unpaired) electrons. The lowest BCUT2D eigenvalue weighted by molar-refractivity contribution is 0.0713. The first-order valence-electron chi connectivity index (χ1n) is 9.62. The summed E-state index contributed by atoms with van der Waals surface area (Å²) >= 11 is 6.33. The molecule has 144 valence electrons. The lowest BCUT2D eigenvalue weighted by atomic mass is 10.0. The molecule has 0 aliphatic carbocycles. The van der Waals surface area contributed by atoms with Crippen LogP contribution in [0.5, 0.6) is 0 Å². The minimum atomic E-state index is -0.116. The number of carbonyl (C=O) groups is 1. The van der Waals surface area contributed by atoms with Gasteiger partial charge in [0.15, 0.2) is 0 Å². The van der Waals surface area contributed by atoms with Crippen LogP contribution in [0.2, 0.25) is 5.02 Å². The molecule has 1 aliphatic rings. The topological polar surface area (TPSA) is 51.2 Å². The number of nitrogens with zero attached hydrogens (tertiary/aromatic N) is 1. The van der Waals surface area contributed by atoms with Crippen LogP contribution in [0.25, 0.3) is 22.2 Å². The van der Waals surface area contributed by atoms with E-state index in [0.717, 1.165) is 47.2 Å². The predicted molar refractivity (Wildman–Crippen MR) is 113 cm³/mol. The zero-order valence-corrected chi connectivity index (χ0v) is 16.8. The van der Waals surface area contributed by atoms with E-state index in [1.807, 2.05) is 62.4 Å². The molecule has 4 nitrogen and oxygen atoms in total. The van der Waals surface area contributed by atoms with Crippen LogP contribution < -0.4 is 5.32 Å². The number of amides is 1. The Morgan fingerprint density at radius 2 is 2.04 bits per heavy atom. The third-order valence-corrected chi connectivity index (χ3v) is 5.77. The molecule has 1 fully saturated rings. The van der Waals surface area contributed by atoms with E-state index < -0.39 is 0 Å². The van der Waals surface area contributed by atoms with Crippen LogP contribution in [0, 0.1) is 6.92 Å². The Labute approximate surface area is 169 Å². The van der Waals surface area contributed by atoms with Crippen LogP contribution in [0.15, 0.2) is 48.5 Å². The second-order valence-electron chi connectivity index (χ2n) is 7.30. The maximum atomic E-state index is 13.2. The fourth-order valence-electron chi connectivity index (χ4n) is 3.72.